The highest BCUT2D eigenvalue weighted by molar-refractivity contribution is 9.10. The van der Waals surface area contributed by atoms with Gasteiger partial charge in [-0.1, -0.05) is 36.7 Å². The summed E-state index contributed by atoms with van der Waals surface area (Å²) in [5, 5.41) is 10.5. The summed E-state index contributed by atoms with van der Waals surface area (Å²) in [5.41, 5.74) is 4.11. The van der Waals surface area contributed by atoms with Gasteiger partial charge in [0.15, 0.2) is 0 Å². The first-order chi connectivity index (χ1) is 13.2. The van der Waals surface area contributed by atoms with E-state index in [1.807, 2.05) is 18.2 Å². The van der Waals surface area contributed by atoms with Gasteiger partial charge in [-0.05, 0) is 54.4 Å². The van der Waals surface area contributed by atoms with Crippen LogP contribution in [-0.4, -0.2) is 18.7 Å². The van der Waals surface area contributed by atoms with Crippen LogP contribution in [0.2, 0.25) is 0 Å². The number of amides is 1. The van der Waals surface area contributed by atoms with E-state index in [1.54, 1.807) is 23.3 Å². The second kappa shape index (κ2) is 6.82. The average molecular weight is 456 g/mol. The molecule has 1 aliphatic carbocycles. The Hall–Kier alpha value is -1.97. The van der Waals surface area contributed by atoms with Crippen molar-refractivity contribution in [2.75, 3.05) is 11.9 Å². The molecular formula is C22H22BrN3OS. The number of benzene rings is 1. The third-order valence-electron chi connectivity index (χ3n) is 5.88. The molecule has 0 N–H and O–H groups in total. The lowest BCUT2D eigenvalue weighted by atomic mass is 9.72. The molecule has 4 nitrogen and oxygen atoms in total. The first kappa shape index (κ1) is 19.4. The van der Waals surface area contributed by atoms with Crippen molar-refractivity contribution in [2.24, 2.45) is 16.3 Å². The van der Waals surface area contributed by atoms with Gasteiger partial charge in [-0.3, -0.25) is 4.79 Å². The number of nitriles is 1. The van der Waals surface area contributed by atoms with Crippen molar-refractivity contribution >= 4 is 49.6 Å². The zero-order chi connectivity index (χ0) is 20.2. The standard InChI is InChI=1S/C22H22BrN3OS/c1-22(2,3)12-5-7-14-16(11-24)20(28-18(14)9-12)25-19-15-10-13(23)6-8-17(15)26(4)21(19)27/h6,8,10,12H,5,7,9H2,1-4H3. The van der Waals surface area contributed by atoms with Gasteiger partial charge in [0.2, 0.25) is 0 Å². The summed E-state index contributed by atoms with van der Waals surface area (Å²) in [5.74, 6) is 0.470. The van der Waals surface area contributed by atoms with Crippen LogP contribution < -0.4 is 4.90 Å². The summed E-state index contributed by atoms with van der Waals surface area (Å²) < 4.78 is 0.904. The monoisotopic (exact) mass is 455 g/mol. The van der Waals surface area contributed by atoms with Crippen LogP contribution in [0.3, 0.4) is 0 Å². The zero-order valence-electron chi connectivity index (χ0n) is 16.5. The van der Waals surface area contributed by atoms with Crippen molar-refractivity contribution < 1.29 is 4.79 Å². The van der Waals surface area contributed by atoms with Crippen LogP contribution in [0.4, 0.5) is 10.7 Å². The lowest BCUT2D eigenvalue weighted by Gasteiger charge is -2.33. The topological polar surface area (TPSA) is 56.5 Å². The van der Waals surface area contributed by atoms with E-state index in [2.05, 4.69) is 42.8 Å². The average Bonchev–Trinajstić information content (AvgIpc) is 3.10. The fraction of sp³-hybridized carbons (Fsp3) is 0.409. The van der Waals surface area contributed by atoms with Gasteiger partial charge in [0, 0.05) is 22.0 Å². The maximum absolute atomic E-state index is 12.8. The third-order valence-corrected chi connectivity index (χ3v) is 7.52. The number of likely N-dealkylation sites (N-methyl/N-ethyl adjacent to an activating group) is 1. The van der Waals surface area contributed by atoms with Crippen molar-refractivity contribution in [1.29, 1.82) is 5.26 Å². The second-order valence-corrected chi connectivity index (χ2v) is 10.6. The maximum Gasteiger partial charge on any atom is 0.277 e. The van der Waals surface area contributed by atoms with Gasteiger partial charge < -0.3 is 4.90 Å². The fourth-order valence-electron chi connectivity index (χ4n) is 4.09. The molecule has 1 aliphatic heterocycles. The Labute approximate surface area is 178 Å². The minimum absolute atomic E-state index is 0.129. The van der Waals surface area contributed by atoms with Crippen molar-refractivity contribution in [3.05, 3.63) is 44.2 Å². The lowest BCUT2D eigenvalue weighted by molar-refractivity contribution is -0.111. The molecule has 1 aromatic heterocycles. The van der Waals surface area contributed by atoms with E-state index in [-0.39, 0.29) is 11.3 Å². The molecular weight excluding hydrogens is 434 g/mol. The van der Waals surface area contributed by atoms with Gasteiger partial charge in [-0.2, -0.15) is 5.26 Å². The number of rotatable bonds is 1. The number of fused-ring (bicyclic) bond motifs is 2. The van der Waals surface area contributed by atoms with Crippen LogP contribution in [0.1, 0.15) is 48.8 Å². The molecule has 2 heterocycles. The van der Waals surface area contributed by atoms with Crippen molar-refractivity contribution in [3.63, 3.8) is 0 Å². The summed E-state index contributed by atoms with van der Waals surface area (Å²) in [6, 6.07) is 8.12. The van der Waals surface area contributed by atoms with Crippen molar-refractivity contribution in [2.45, 2.75) is 40.0 Å². The number of carbonyl (C=O) groups is 1. The predicted molar refractivity (Wildman–Crippen MR) is 118 cm³/mol. The van der Waals surface area contributed by atoms with Gasteiger partial charge in [0.25, 0.3) is 5.91 Å². The van der Waals surface area contributed by atoms with Gasteiger partial charge >= 0.3 is 0 Å². The van der Waals surface area contributed by atoms with Crippen LogP contribution in [0, 0.1) is 22.7 Å². The molecule has 0 saturated heterocycles. The number of thiophene rings is 1. The number of anilines is 1. The second-order valence-electron chi connectivity index (χ2n) is 8.59. The van der Waals surface area contributed by atoms with Crippen LogP contribution >= 0.6 is 27.3 Å². The third kappa shape index (κ3) is 3.11. The molecule has 0 saturated carbocycles. The van der Waals surface area contributed by atoms with Crippen molar-refractivity contribution in [1.82, 2.24) is 0 Å². The Morgan fingerprint density at radius 2 is 2.11 bits per heavy atom. The van der Waals surface area contributed by atoms with E-state index in [4.69, 9.17) is 4.99 Å². The van der Waals surface area contributed by atoms with Gasteiger partial charge in [-0.25, -0.2) is 4.99 Å². The summed E-state index contributed by atoms with van der Waals surface area (Å²) in [4.78, 5) is 20.4. The molecule has 0 radical (unpaired) electrons. The number of hydrogen-bond acceptors (Lipinski definition) is 4. The number of halogens is 1. The molecule has 1 aromatic carbocycles. The minimum Gasteiger partial charge on any atom is -0.309 e. The van der Waals surface area contributed by atoms with E-state index in [0.29, 0.717) is 22.2 Å². The highest BCUT2D eigenvalue weighted by Gasteiger charge is 2.34. The number of nitrogens with zero attached hydrogens (tertiary/aromatic N) is 3. The number of aliphatic imine (C=N–C) groups is 1. The smallest absolute Gasteiger partial charge is 0.277 e. The van der Waals surface area contributed by atoms with Crippen LogP contribution in [-0.2, 0) is 17.6 Å². The van der Waals surface area contributed by atoms with Crippen LogP contribution in [0.15, 0.2) is 27.7 Å². The lowest BCUT2D eigenvalue weighted by Crippen LogP contribution is -2.26. The summed E-state index contributed by atoms with van der Waals surface area (Å²) in [6.07, 6.45) is 2.99. The molecule has 1 atom stereocenters. The first-order valence-electron chi connectivity index (χ1n) is 9.42. The number of carbonyl (C=O) groups excluding carboxylic acids is 1. The molecule has 1 amide bonds. The molecule has 4 rings (SSSR count). The zero-order valence-corrected chi connectivity index (χ0v) is 18.9. The fourth-order valence-corrected chi connectivity index (χ4v) is 5.70. The van der Waals surface area contributed by atoms with Crippen LogP contribution in [0.25, 0.3) is 0 Å². The van der Waals surface area contributed by atoms with Crippen molar-refractivity contribution in [3.8, 4) is 6.07 Å². The Morgan fingerprint density at radius 3 is 2.79 bits per heavy atom. The number of hydrogen-bond donors (Lipinski definition) is 0. The largest absolute Gasteiger partial charge is 0.309 e. The van der Waals surface area contributed by atoms with Gasteiger partial charge in [-0.15, -0.1) is 11.3 Å². The Balaban J connectivity index is 1.80. The Kier molecular flexibility index (Phi) is 4.71. The van der Waals surface area contributed by atoms with E-state index >= 15 is 0 Å². The Bertz CT molecular complexity index is 1050. The molecule has 2 aliphatic rings. The normalized spacial score (nSPS) is 20.3. The molecule has 1 unspecified atom stereocenters. The van der Waals surface area contributed by atoms with E-state index in [1.165, 1.54) is 4.88 Å². The minimum atomic E-state index is -0.129. The quantitative estimate of drug-likeness (QED) is 0.559. The molecule has 0 spiro atoms. The Morgan fingerprint density at radius 1 is 1.36 bits per heavy atom. The molecule has 6 heteroatoms. The highest BCUT2D eigenvalue weighted by Crippen LogP contribution is 2.45. The van der Waals surface area contributed by atoms with Gasteiger partial charge in [0.05, 0.1) is 11.3 Å². The van der Waals surface area contributed by atoms with E-state index in [0.717, 1.165) is 40.5 Å². The van der Waals surface area contributed by atoms with E-state index in [9.17, 15) is 10.1 Å². The SMILES string of the molecule is CN1C(=O)C(=Nc2sc3c(c2C#N)CCC(C(C)(C)C)C3)c2cc(Br)ccc21. The van der Waals surface area contributed by atoms with Gasteiger partial charge in [0.1, 0.15) is 16.8 Å². The highest BCUT2D eigenvalue weighted by atomic mass is 79.9. The predicted octanol–water partition coefficient (Wildman–Crippen LogP) is 5.63. The summed E-state index contributed by atoms with van der Waals surface area (Å²) in [7, 11) is 1.76. The van der Waals surface area contributed by atoms with E-state index < -0.39 is 0 Å². The summed E-state index contributed by atoms with van der Waals surface area (Å²) >= 11 is 5.07. The molecule has 0 fully saturated rings. The van der Waals surface area contributed by atoms with Crippen LogP contribution in [0.5, 0.6) is 0 Å². The summed E-state index contributed by atoms with van der Waals surface area (Å²) in [6.45, 7) is 6.85. The first-order valence-corrected chi connectivity index (χ1v) is 11.0. The molecule has 28 heavy (non-hydrogen) atoms. The molecule has 0 bridgehead atoms. The molecule has 144 valence electrons. The molecule has 2 aromatic rings. The maximum atomic E-state index is 12.8.